The van der Waals surface area contributed by atoms with Gasteiger partial charge in [0.25, 0.3) is 5.91 Å². The molecule has 0 spiro atoms. The third kappa shape index (κ3) is 3.94. The highest BCUT2D eigenvalue weighted by atomic mass is 16.5. The van der Waals surface area contributed by atoms with Crippen molar-refractivity contribution < 1.29 is 33.4 Å². The highest BCUT2D eigenvalue weighted by Crippen LogP contribution is 2.25. The van der Waals surface area contributed by atoms with E-state index in [0.717, 1.165) is 4.90 Å². The average Bonchev–Trinajstić information content (AvgIpc) is 3.14. The molecule has 0 radical (unpaired) electrons. The van der Waals surface area contributed by atoms with Crippen LogP contribution >= 0.6 is 0 Å². The number of H-pyrrole nitrogens is 1. The van der Waals surface area contributed by atoms with Crippen LogP contribution in [0, 0.1) is 13.8 Å². The number of aryl methyl sites for hydroxylation is 1. The van der Waals surface area contributed by atoms with E-state index in [9.17, 15) is 24.0 Å². The van der Waals surface area contributed by atoms with Crippen LogP contribution in [0.25, 0.3) is 0 Å². The van der Waals surface area contributed by atoms with Gasteiger partial charge < -0.3 is 19.8 Å². The Labute approximate surface area is 174 Å². The largest absolute Gasteiger partial charge is 0.465 e. The fourth-order valence-corrected chi connectivity index (χ4v) is 3.57. The van der Waals surface area contributed by atoms with Gasteiger partial charge in [-0.1, -0.05) is 13.8 Å². The van der Waals surface area contributed by atoms with E-state index in [-0.39, 0.29) is 11.3 Å². The summed E-state index contributed by atoms with van der Waals surface area (Å²) in [5.41, 5.74) is 0.184. The van der Waals surface area contributed by atoms with Crippen LogP contribution in [0.4, 0.5) is 4.79 Å². The summed E-state index contributed by atoms with van der Waals surface area (Å²) in [6, 6.07) is -0.668. The Morgan fingerprint density at radius 3 is 2.23 bits per heavy atom. The molecular weight excluding hydrogens is 394 g/mol. The minimum Gasteiger partial charge on any atom is -0.465 e. The molecule has 3 amide bonds. The van der Waals surface area contributed by atoms with Crippen molar-refractivity contribution in [1.82, 2.24) is 15.2 Å². The van der Waals surface area contributed by atoms with E-state index >= 15 is 0 Å². The number of carbonyl (C=O) groups excluding carboxylic acids is 5. The normalized spacial score (nSPS) is 16.3. The number of esters is 2. The van der Waals surface area contributed by atoms with Crippen molar-refractivity contribution in [3.8, 4) is 0 Å². The van der Waals surface area contributed by atoms with Gasteiger partial charge in [0.15, 0.2) is 6.10 Å². The number of aromatic amines is 1. The number of ketones is 1. The Hall–Kier alpha value is -3.17. The number of urea groups is 1. The highest BCUT2D eigenvalue weighted by Gasteiger charge is 2.49. The summed E-state index contributed by atoms with van der Waals surface area (Å²) in [6.07, 6.45) is -0.409. The third-order valence-electron chi connectivity index (χ3n) is 5.49. The average molecular weight is 421 g/mol. The van der Waals surface area contributed by atoms with Gasteiger partial charge in [0, 0.05) is 5.69 Å². The number of ether oxygens (including phenoxy) is 2. The summed E-state index contributed by atoms with van der Waals surface area (Å²) in [5, 5.41) is 2.62. The first-order valence-electron chi connectivity index (χ1n) is 9.68. The standard InChI is InChI=1S/C20H27N3O7/c1-7-20(8-2)18(27)23(19(28)22-20)9-13(24)30-12(5)16(25)15-10(3)14(11(4)21-15)17(26)29-6/h12,21H,7-9H2,1-6H3,(H,22,28)/t12-/m1/s1. The molecule has 30 heavy (non-hydrogen) atoms. The van der Waals surface area contributed by atoms with Gasteiger partial charge in [0.1, 0.15) is 12.1 Å². The van der Waals surface area contributed by atoms with Gasteiger partial charge >= 0.3 is 18.0 Å². The number of nitrogens with one attached hydrogen (secondary N) is 2. The van der Waals surface area contributed by atoms with Gasteiger partial charge in [-0.15, -0.1) is 0 Å². The summed E-state index contributed by atoms with van der Waals surface area (Å²) in [7, 11) is 1.24. The molecule has 2 heterocycles. The van der Waals surface area contributed by atoms with E-state index in [0.29, 0.717) is 24.1 Å². The lowest BCUT2D eigenvalue weighted by Gasteiger charge is -2.23. The summed E-state index contributed by atoms with van der Waals surface area (Å²) in [6.45, 7) is 7.53. The number of carbonyl (C=O) groups is 5. The van der Waals surface area contributed by atoms with Gasteiger partial charge in [-0.25, -0.2) is 9.59 Å². The molecule has 0 aromatic carbocycles. The van der Waals surface area contributed by atoms with Crippen molar-refractivity contribution in [3.05, 3.63) is 22.5 Å². The number of aromatic nitrogens is 1. The van der Waals surface area contributed by atoms with Gasteiger partial charge in [0.2, 0.25) is 5.78 Å². The zero-order chi connectivity index (χ0) is 22.8. The minimum atomic E-state index is -1.19. The van der Waals surface area contributed by atoms with Gasteiger partial charge in [0.05, 0.1) is 18.4 Å². The fourth-order valence-electron chi connectivity index (χ4n) is 3.57. The molecule has 0 bridgehead atoms. The first kappa shape index (κ1) is 23.1. The molecule has 0 aliphatic carbocycles. The van der Waals surface area contributed by atoms with Crippen LogP contribution in [0.2, 0.25) is 0 Å². The zero-order valence-electron chi connectivity index (χ0n) is 18.0. The van der Waals surface area contributed by atoms with Crippen molar-refractivity contribution in [2.45, 2.75) is 59.1 Å². The number of hydrogen-bond acceptors (Lipinski definition) is 7. The molecule has 1 saturated heterocycles. The lowest BCUT2D eigenvalue weighted by atomic mass is 9.93. The Bertz CT molecular complexity index is 898. The topological polar surface area (TPSA) is 135 Å². The van der Waals surface area contributed by atoms with Gasteiger partial charge in [-0.2, -0.15) is 0 Å². The first-order valence-corrected chi connectivity index (χ1v) is 9.68. The number of rotatable bonds is 8. The molecule has 0 unspecified atom stereocenters. The number of methoxy groups -OCH3 is 1. The molecule has 1 aromatic heterocycles. The Morgan fingerprint density at radius 2 is 1.73 bits per heavy atom. The zero-order valence-corrected chi connectivity index (χ0v) is 18.0. The maximum absolute atomic E-state index is 12.7. The first-order chi connectivity index (χ1) is 14.0. The van der Waals surface area contributed by atoms with E-state index in [1.807, 2.05) is 0 Å². The quantitative estimate of drug-likeness (QED) is 0.370. The van der Waals surface area contributed by atoms with E-state index in [1.165, 1.54) is 14.0 Å². The monoisotopic (exact) mass is 421 g/mol. The molecule has 164 valence electrons. The van der Waals surface area contributed by atoms with E-state index in [1.54, 1.807) is 27.7 Å². The molecule has 1 atom stereocenters. The maximum Gasteiger partial charge on any atom is 0.339 e. The predicted octanol–water partition coefficient (Wildman–Crippen LogP) is 1.64. The van der Waals surface area contributed by atoms with Crippen molar-refractivity contribution >= 4 is 29.7 Å². The summed E-state index contributed by atoms with van der Waals surface area (Å²) >= 11 is 0. The fraction of sp³-hybridized carbons (Fsp3) is 0.550. The summed E-state index contributed by atoms with van der Waals surface area (Å²) < 4.78 is 9.87. The van der Waals surface area contributed by atoms with Crippen molar-refractivity contribution in [1.29, 1.82) is 0 Å². The van der Waals surface area contributed by atoms with Gasteiger partial charge in [-0.05, 0) is 39.2 Å². The highest BCUT2D eigenvalue weighted by molar-refractivity contribution is 6.09. The summed E-state index contributed by atoms with van der Waals surface area (Å²) in [5.74, 6) is -2.52. The number of nitrogens with zero attached hydrogens (tertiary/aromatic N) is 1. The van der Waals surface area contributed by atoms with E-state index in [4.69, 9.17) is 9.47 Å². The molecule has 1 aliphatic heterocycles. The summed E-state index contributed by atoms with van der Waals surface area (Å²) in [4.78, 5) is 65.2. The number of imide groups is 1. The molecule has 1 aromatic rings. The van der Waals surface area contributed by atoms with E-state index < -0.39 is 47.8 Å². The van der Waals surface area contributed by atoms with Crippen LogP contribution in [0.3, 0.4) is 0 Å². The van der Waals surface area contributed by atoms with Gasteiger partial charge in [-0.3, -0.25) is 19.3 Å². The lowest BCUT2D eigenvalue weighted by Crippen LogP contribution is -2.46. The third-order valence-corrected chi connectivity index (χ3v) is 5.49. The smallest absolute Gasteiger partial charge is 0.339 e. The second-order valence-electron chi connectivity index (χ2n) is 7.22. The molecule has 10 nitrogen and oxygen atoms in total. The van der Waals surface area contributed by atoms with E-state index in [2.05, 4.69) is 10.3 Å². The molecule has 1 fully saturated rings. The van der Waals surface area contributed by atoms with Crippen molar-refractivity contribution in [3.63, 3.8) is 0 Å². The maximum atomic E-state index is 12.7. The van der Waals surface area contributed by atoms with Crippen LogP contribution in [0.15, 0.2) is 0 Å². The predicted molar refractivity (Wildman–Crippen MR) is 105 cm³/mol. The van der Waals surface area contributed by atoms with Crippen LogP contribution in [-0.4, -0.2) is 64.8 Å². The Balaban J connectivity index is 2.10. The second kappa shape index (κ2) is 8.68. The molecule has 2 N–H and O–H groups in total. The van der Waals surface area contributed by atoms with Crippen LogP contribution in [0.1, 0.15) is 65.7 Å². The number of Topliss-reactive ketones (excluding diaryl/α,β-unsaturated/α-hetero) is 1. The molecular formula is C20H27N3O7. The Kier molecular flexibility index (Phi) is 6.69. The second-order valence-corrected chi connectivity index (χ2v) is 7.22. The van der Waals surface area contributed by atoms with Crippen LogP contribution < -0.4 is 5.32 Å². The van der Waals surface area contributed by atoms with Crippen molar-refractivity contribution in [2.24, 2.45) is 0 Å². The molecule has 10 heteroatoms. The number of hydrogen-bond donors (Lipinski definition) is 2. The minimum absolute atomic E-state index is 0.124. The lowest BCUT2D eigenvalue weighted by molar-refractivity contribution is -0.150. The molecule has 0 saturated carbocycles. The molecule has 2 rings (SSSR count). The number of amides is 3. The van der Waals surface area contributed by atoms with Crippen LogP contribution in [-0.2, 0) is 19.1 Å². The molecule has 1 aliphatic rings. The van der Waals surface area contributed by atoms with Crippen molar-refractivity contribution in [2.75, 3.05) is 13.7 Å². The van der Waals surface area contributed by atoms with Crippen LogP contribution in [0.5, 0.6) is 0 Å². The Morgan fingerprint density at radius 1 is 1.13 bits per heavy atom. The SMILES string of the molecule is CCC1(CC)NC(=O)N(CC(=O)O[C@H](C)C(=O)c2[nH]c(C)c(C(=O)OC)c2C)C1=O.